The molecule has 0 bridgehead atoms. The third-order valence-electron chi connectivity index (χ3n) is 8.26. The van der Waals surface area contributed by atoms with Crippen molar-refractivity contribution in [3.05, 3.63) is 82.0 Å². The Kier molecular flexibility index (Phi) is 6.93. The van der Waals surface area contributed by atoms with Gasteiger partial charge in [0.25, 0.3) is 11.8 Å². The number of amides is 2. The Morgan fingerprint density at radius 3 is 2.60 bits per heavy atom. The second kappa shape index (κ2) is 11.0. The van der Waals surface area contributed by atoms with Gasteiger partial charge in [-0.05, 0) is 62.3 Å². The predicted octanol–water partition coefficient (Wildman–Crippen LogP) is 3.29. The minimum Gasteiger partial charge on any atom is -0.378 e. The molecule has 2 N–H and O–H groups in total. The number of imidazole rings is 1. The molecular formula is C32H32N6O4. The molecule has 2 saturated heterocycles. The molecule has 0 aliphatic carbocycles. The largest absolute Gasteiger partial charge is 0.378 e. The number of ether oxygens (including phenoxy) is 1. The van der Waals surface area contributed by atoms with Gasteiger partial charge in [-0.2, -0.15) is 0 Å². The number of morpholine rings is 1. The Balaban J connectivity index is 1.31. The summed E-state index contributed by atoms with van der Waals surface area (Å²) in [6, 6.07) is 18.6. The Labute approximate surface area is 241 Å². The lowest BCUT2D eigenvalue weighted by Gasteiger charge is -2.27. The van der Waals surface area contributed by atoms with Crippen LogP contribution in [0.4, 0.5) is 0 Å². The zero-order chi connectivity index (χ0) is 28.6. The van der Waals surface area contributed by atoms with E-state index in [2.05, 4.69) is 15.2 Å². The lowest BCUT2D eigenvalue weighted by Crippen LogP contribution is -2.40. The van der Waals surface area contributed by atoms with Gasteiger partial charge < -0.3 is 24.8 Å². The van der Waals surface area contributed by atoms with Crippen molar-refractivity contribution in [1.82, 2.24) is 29.5 Å². The molecule has 2 amide bonds. The summed E-state index contributed by atoms with van der Waals surface area (Å²) in [5.74, 6) is -0.444. The van der Waals surface area contributed by atoms with Gasteiger partial charge in [0.05, 0.1) is 35.3 Å². The summed E-state index contributed by atoms with van der Waals surface area (Å²) in [7, 11) is 0. The SMILES string of the molecule is O=C(NCCN1CCCC1)c1c(=O)c2ccc(-c3cccc(C(=O)N4CCOCC4)c3)nc2n2c1[nH]c1ccccc12. The van der Waals surface area contributed by atoms with E-state index in [-0.39, 0.29) is 16.9 Å². The van der Waals surface area contributed by atoms with Gasteiger partial charge in [0.15, 0.2) is 5.65 Å². The monoisotopic (exact) mass is 564 g/mol. The topological polar surface area (TPSA) is 112 Å². The summed E-state index contributed by atoms with van der Waals surface area (Å²) in [6.45, 7) is 5.50. The van der Waals surface area contributed by atoms with Gasteiger partial charge >= 0.3 is 0 Å². The average molecular weight is 565 g/mol. The number of nitrogens with zero attached hydrogens (tertiary/aromatic N) is 4. The summed E-state index contributed by atoms with van der Waals surface area (Å²) in [6.07, 6.45) is 2.36. The number of likely N-dealkylation sites (tertiary alicyclic amines) is 1. The van der Waals surface area contributed by atoms with Gasteiger partial charge in [-0.25, -0.2) is 4.98 Å². The minimum absolute atomic E-state index is 0.0448. The molecule has 10 heteroatoms. The number of hydrogen-bond donors (Lipinski definition) is 2. The number of benzene rings is 2. The Bertz CT molecular complexity index is 1880. The van der Waals surface area contributed by atoms with Crippen LogP contribution in [0.2, 0.25) is 0 Å². The highest BCUT2D eigenvalue weighted by Crippen LogP contribution is 2.26. The molecular weight excluding hydrogens is 532 g/mol. The number of pyridine rings is 2. The predicted molar refractivity (Wildman–Crippen MR) is 161 cm³/mol. The number of carbonyl (C=O) groups excluding carboxylic acids is 2. The van der Waals surface area contributed by atoms with Crippen LogP contribution >= 0.6 is 0 Å². The molecule has 0 spiro atoms. The smallest absolute Gasteiger partial charge is 0.259 e. The van der Waals surface area contributed by atoms with Crippen LogP contribution in [-0.4, -0.2) is 88.5 Å². The fourth-order valence-electron chi connectivity index (χ4n) is 6.06. The zero-order valence-electron chi connectivity index (χ0n) is 23.3. The quantitative estimate of drug-likeness (QED) is 0.327. The van der Waals surface area contributed by atoms with Crippen molar-refractivity contribution < 1.29 is 14.3 Å². The van der Waals surface area contributed by atoms with Crippen LogP contribution in [0.25, 0.3) is 39.0 Å². The van der Waals surface area contributed by atoms with Crippen molar-refractivity contribution in [2.75, 3.05) is 52.5 Å². The highest BCUT2D eigenvalue weighted by atomic mass is 16.5. The molecule has 5 aromatic rings. The molecule has 2 aliphatic heterocycles. The molecule has 0 saturated carbocycles. The van der Waals surface area contributed by atoms with E-state index in [1.165, 1.54) is 12.8 Å². The van der Waals surface area contributed by atoms with Gasteiger partial charge in [0.2, 0.25) is 5.43 Å². The van der Waals surface area contributed by atoms with Gasteiger partial charge in [-0.3, -0.25) is 18.8 Å². The number of aromatic amines is 1. The molecule has 7 rings (SSSR count). The second-order valence-corrected chi connectivity index (χ2v) is 10.9. The van der Waals surface area contributed by atoms with Crippen LogP contribution in [0.3, 0.4) is 0 Å². The van der Waals surface area contributed by atoms with Crippen LogP contribution in [0, 0.1) is 0 Å². The van der Waals surface area contributed by atoms with E-state index in [4.69, 9.17) is 9.72 Å². The molecule has 2 fully saturated rings. The second-order valence-electron chi connectivity index (χ2n) is 10.9. The lowest BCUT2D eigenvalue weighted by molar-refractivity contribution is 0.0303. The maximum Gasteiger partial charge on any atom is 0.259 e. The van der Waals surface area contributed by atoms with Gasteiger partial charge in [-0.15, -0.1) is 0 Å². The molecule has 214 valence electrons. The molecule has 0 atom stereocenters. The number of H-pyrrole nitrogens is 1. The van der Waals surface area contributed by atoms with Gasteiger partial charge in [0.1, 0.15) is 11.2 Å². The van der Waals surface area contributed by atoms with Crippen molar-refractivity contribution in [2.45, 2.75) is 12.8 Å². The van der Waals surface area contributed by atoms with Crippen molar-refractivity contribution in [1.29, 1.82) is 0 Å². The Morgan fingerprint density at radius 2 is 1.76 bits per heavy atom. The first kappa shape index (κ1) is 26.4. The van der Waals surface area contributed by atoms with E-state index in [0.29, 0.717) is 60.8 Å². The molecule has 3 aromatic heterocycles. The van der Waals surface area contributed by atoms with E-state index < -0.39 is 5.91 Å². The molecule has 5 heterocycles. The van der Waals surface area contributed by atoms with E-state index in [1.807, 2.05) is 46.9 Å². The molecule has 42 heavy (non-hydrogen) atoms. The normalized spacial score (nSPS) is 16.0. The summed E-state index contributed by atoms with van der Waals surface area (Å²) >= 11 is 0. The molecule has 10 nitrogen and oxygen atoms in total. The number of aromatic nitrogens is 3. The number of hydrogen-bond acceptors (Lipinski definition) is 6. The standard InChI is InChI=1S/C32H32N6O4/c39-28-23-10-11-24(21-6-5-7-22(20-21)32(41)37-16-18-42-19-17-37)34-29(23)38-26-9-2-1-8-25(26)35-30(38)27(28)31(40)33-12-15-36-13-3-4-14-36/h1-2,5-11,20,35H,3-4,12-19H2,(H,33,40). The summed E-state index contributed by atoms with van der Waals surface area (Å²) < 4.78 is 7.25. The van der Waals surface area contributed by atoms with E-state index >= 15 is 0 Å². The third-order valence-corrected chi connectivity index (χ3v) is 8.26. The number of carbonyl (C=O) groups is 2. The highest BCUT2D eigenvalue weighted by molar-refractivity contribution is 6.05. The fourth-order valence-corrected chi connectivity index (χ4v) is 6.06. The lowest BCUT2D eigenvalue weighted by atomic mass is 10.1. The molecule has 0 unspecified atom stereocenters. The first-order valence-electron chi connectivity index (χ1n) is 14.5. The highest BCUT2D eigenvalue weighted by Gasteiger charge is 2.24. The van der Waals surface area contributed by atoms with Crippen LogP contribution in [-0.2, 0) is 4.74 Å². The fraction of sp³-hybridized carbons (Fsp3) is 0.312. The number of rotatable bonds is 6. The van der Waals surface area contributed by atoms with Crippen LogP contribution in [0.15, 0.2) is 65.5 Å². The first-order valence-corrected chi connectivity index (χ1v) is 14.5. The summed E-state index contributed by atoms with van der Waals surface area (Å²) in [4.78, 5) is 52.8. The van der Waals surface area contributed by atoms with Crippen molar-refractivity contribution in [3.8, 4) is 11.3 Å². The van der Waals surface area contributed by atoms with Crippen LogP contribution in [0.5, 0.6) is 0 Å². The Hall–Kier alpha value is -4.54. The number of fused-ring (bicyclic) bond motifs is 5. The Morgan fingerprint density at radius 1 is 0.952 bits per heavy atom. The zero-order valence-corrected chi connectivity index (χ0v) is 23.3. The van der Waals surface area contributed by atoms with Crippen LogP contribution in [0.1, 0.15) is 33.6 Å². The van der Waals surface area contributed by atoms with Gasteiger partial charge in [-0.1, -0.05) is 24.3 Å². The van der Waals surface area contributed by atoms with E-state index in [0.717, 1.165) is 36.2 Å². The van der Waals surface area contributed by atoms with E-state index in [1.54, 1.807) is 23.1 Å². The average Bonchev–Trinajstić information content (AvgIpc) is 3.69. The molecule has 0 radical (unpaired) electrons. The van der Waals surface area contributed by atoms with Crippen LogP contribution < -0.4 is 10.7 Å². The number of nitrogens with one attached hydrogen (secondary N) is 2. The van der Waals surface area contributed by atoms with E-state index in [9.17, 15) is 14.4 Å². The van der Waals surface area contributed by atoms with Gasteiger partial charge in [0, 0.05) is 37.3 Å². The van der Waals surface area contributed by atoms with Crippen molar-refractivity contribution in [2.24, 2.45) is 0 Å². The first-order chi connectivity index (χ1) is 20.6. The van der Waals surface area contributed by atoms with Crippen molar-refractivity contribution in [3.63, 3.8) is 0 Å². The van der Waals surface area contributed by atoms with Crippen molar-refractivity contribution >= 4 is 39.5 Å². The summed E-state index contributed by atoms with van der Waals surface area (Å²) in [5.41, 5.74) is 4.13. The number of para-hydroxylation sites is 2. The maximum atomic E-state index is 13.8. The maximum absolute atomic E-state index is 13.8. The third kappa shape index (κ3) is 4.72. The summed E-state index contributed by atoms with van der Waals surface area (Å²) in [5, 5.41) is 3.32. The molecule has 2 aromatic carbocycles. The minimum atomic E-state index is -0.399. The molecule has 2 aliphatic rings.